The SMILES string of the molecule is CCC(C)NC(=O)C(C)N(C)Cc1cccc(N)c1. The molecule has 4 heteroatoms. The van der Waals surface area contributed by atoms with Crippen molar-refractivity contribution in [2.45, 2.75) is 45.8 Å². The molecule has 0 aliphatic rings. The highest BCUT2D eigenvalue weighted by atomic mass is 16.2. The van der Waals surface area contributed by atoms with Gasteiger partial charge in [-0.1, -0.05) is 19.1 Å². The van der Waals surface area contributed by atoms with Crippen LogP contribution in [0.3, 0.4) is 0 Å². The van der Waals surface area contributed by atoms with Crippen LogP contribution in [0.25, 0.3) is 0 Å². The fourth-order valence-electron chi connectivity index (χ4n) is 1.78. The molecule has 0 heterocycles. The number of nitrogens with one attached hydrogen (secondary N) is 1. The van der Waals surface area contributed by atoms with Gasteiger partial charge in [0.1, 0.15) is 0 Å². The predicted octanol–water partition coefficient (Wildman–Crippen LogP) is 2.00. The number of nitrogen functional groups attached to an aromatic ring is 1. The summed E-state index contributed by atoms with van der Waals surface area (Å²) in [5.41, 5.74) is 7.63. The van der Waals surface area contributed by atoms with Gasteiger partial charge in [0.05, 0.1) is 6.04 Å². The van der Waals surface area contributed by atoms with Crippen LogP contribution in [0.4, 0.5) is 5.69 Å². The Balaban J connectivity index is 2.57. The number of hydrogen-bond acceptors (Lipinski definition) is 3. The van der Waals surface area contributed by atoms with E-state index in [4.69, 9.17) is 5.73 Å². The molecule has 2 atom stereocenters. The lowest BCUT2D eigenvalue weighted by Crippen LogP contribution is -2.45. The van der Waals surface area contributed by atoms with Crippen molar-refractivity contribution in [3.05, 3.63) is 29.8 Å². The number of nitrogens with two attached hydrogens (primary N) is 1. The average molecular weight is 263 g/mol. The summed E-state index contributed by atoms with van der Waals surface area (Å²) in [5, 5.41) is 3.00. The van der Waals surface area contributed by atoms with E-state index in [0.717, 1.165) is 17.7 Å². The monoisotopic (exact) mass is 263 g/mol. The van der Waals surface area contributed by atoms with E-state index in [-0.39, 0.29) is 18.0 Å². The standard InChI is InChI=1S/C15H25N3O/c1-5-11(2)17-15(19)12(3)18(4)10-13-7-6-8-14(16)9-13/h6-9,11-12H,5,10,16H2,1-4H3,(H,17,19). The molecular formula is C15H25N3O. The van der Waals surface area contributed by atoms with E-state index in [0.29, 0.717) is 6.54 Å². The van der Waals surface area contributed by atoms with Crippen molar-refractivity contribution >= 4 is 11.6 Å². The highest BCUT2D eigenvalue weighted by Crippen LogP contribution is 2.10. The van der Waals surface area contributed by atoms with Crippen LogP contribution in [0.2, 0.25) is 0 Å². The molecule has 1 rings (SSSR count). The minimum absolute atomic E-state index is 0.0701. The van der Waals surface area contributed by atoms with Gasteiger partial charge in [-0.15, -0.1) is 0 Å². The van der Waals surface area contributed by atoms with Crippen LogP contribution in [-0.4, -0.2) is 29.9 Å². The number of carbonyl (C=O) groups is 1. The molecule has 106 valence electrons. The third kappa shape index (κ3) is 4.91. The average Bonchev–Trinajstić information content (AvgIpc) is 2.37. The molecule has 0 aromatic heterocycles. The predicted molar refractivity (Wildman–Crippen MR) is 79.7 cm³/mol. The first-order valence-electron chi connectivity index (χ1n) is 6.79. The summed E-state index contributed by atoms with van der Waals surface area (Å²) >= 11 is 0. The number of nitrogens with zero attached hydrogens (tertiary/aromatic N) is 1. The fraction of sp³-hybridized carbons (Fsp3) is 0.533. The number of amides is 1. The summed E-state index contributed by atoms with van der Waals surface area (Å²) in [7, 11) is 1.95. The number of benzene rings is 1. The lowest BCUT2D eigenvalue weighted by Gasteiger charge is -2.25. The summed E-state index contributed by atoms with van der Waals surface area (Å²) in [6, 6.07) is 7.82. The molecule has 19 heavy (non-hydrogen) atoms. The zero-order valence-corrected chi connectivity index (χ0v) is 12.3. The summed E-state index contributed by atoms with van der Waals surface area (Å²) in [6.45, 7) is 6.71. The van der Waals surface area contributed by atoms with Crippen molar-refractivity contribution in [1.29, 1.82) is 0 Å². The fourth-order valence-corrected chi connectivity index (χ4v) is 1.78. The first-order valence-corrected chi connectivity index (χ1v) is 6.79. The second-order valence-electron chi connectivity index (χ2n) is 5.15. The Labute approximate surface area is 116 Å². The van der Waals surface area contributed by atoms with Crippen molar-refractivity contribution in [3.63, 3.8) is 0 Å². The maximum atomic E-state index is 12.0. The molecule has 0 fully saturated rings. The van der Waals surface area contributed by atoms with Gasteiger partial charge >= 0.3 is 0 Å². The van der Waals surface area contributed by atoms with Crippen LogP contribution in [-0.2, 0) is 11.3 Å². The molecule has 0 radical (unpaired) electrons. The van der Waals surface area contributed by atoms with Crippen LogP contribution in [0.5, 0.6) is 0 Å². The van der Waals surface area contributed by atoms with Crippen LogP contribution in [0.1, 0.15) is 32.8 Å². The zero-order valence-electron chi connectivity index (χ0n) is 12.3. The van der Waals surface area contributed by atoms with Gasteiger partial charge in [-0.2, -0.15) is 0 Å². The Morgan fingerprint density at radius 3 is 2.68 bits per heavy atom. The molecule has 0 spiro atoms. The Morgan fingerprint density at radius 1 is 1.42 bits per heavy atom. The largest absolute Gasteiger partial charge is 0.399 e. The molecule has 0 aliphatic heterocycles. The number of anilines is 1. The second kappa shape index (κ2) is 7.14. The van der Waals surface area contributed by atoms with Crippen LogP contribution in [0.15, 0.2) is 24.3 Å². The molecule has 0 bridgehead atoms. The van der Waals surface area contributed by atoms with Crippen molar-refractivity contribution < 1.29 is 4.79 Å². The van der Waals surface area contributed by atoms with Gasteiger partial charge < -0.3 is 11.1 Å². The van der Waals surface area contributed by atoms with Crippen LogP contribution < -0.4 is 11.1 Å². The van der Waals surface area contributed by atoms with E-state index in [2.05, 4.69) is 12.2 Å². The maximum absolute atomic E-state index is 12.0. The molecule has 1 aromatic carbocycles. The topological polar surface area (TPSA) is 58.4 Å². The highest BCUT2D eigenvalue weighted by Gasteiger charge is 2.19. The molecule has 3 N–H and O–H groups in total. The van der Waals surface area contributed by atoms with Crippen LogP contribution >= 0.6 is 0 Å². The second-order valence-corrected chi connectivity index (χ2v) is 5.15. The van der Waals surface area contributed by atoms with E-state index in [1.165, 1.54) is 0 Å². The summed E-state index contributed by atoms with van der Waals surface area (Å²) in [4.78, 5) is 14.1. The molecule has 0 saturated carbocycles. The smallest absolute Gasteiger partial charge is 0.237 e. The van der Waals surface area contributed by atoms with Gasteiger partial charge in [-0.05, 0) is 45.0 Å². The van der Waals surface area contributed by atoms with E-state index in [9.17, 15) is 4.79 Å². The molecule has 0 aliphatic carbocycles. The first kappa shape index (κ1) is 15.5. The van der Waals surface area contributed by atoms with Crippen molar-refractivity contribution in [2.24, 2.45) is 0 Å². The van der Waals surface area contributed by atoms with Gasteiger partial charge in [0.15, 0.2) is 0 Å². The highest BCUT2D eigenvalue weighted by molar-refractivity contribution is 5.81. The lowest BCUT2D eigenvalue weighted by molar-refractivity contribution is -0.126. The third-order valence-electron chi connectivity index (χ3n) is 3.42. The summed E-state index contributed by atoms with van der Waals surface area (Å²) in [6.07, 6.45) is 0.942. The molecule has 1 aromatic rings. The van der Waals surface area contributed by atoms with Gasteiger partial charge in [-0.25, -0.2) is 0 Å². The van der Waals surface area contributed by atoms with E-state index < -0.39 is 0 Å². The molecule has 4 nitrogen and oxygen atoms in total. The minimum atomic E-state index is -0.157. The zero-order chi connectivity index (χ0) is 14.4. The maximum Gasteiger partial charge on any atom is 0.237 e. The van der Waals surface area contributed by atoms with Gasteiger partial charge in [-0.3, -0.25) is 9.69 Å². The first-order chi connectivity index (χ1) is 8.93. The normalized spacial score (nSPS) is 14.2. The minimum Gasteiger partial charge on any atom is -0.399 e. The molecule has 2 unspecified atom stereocenters. The van der Waals surface area contributed by atoms with E-state index in [1.54, 1.807) is 0 Å². The molecule has 0 saturated heterocycles. The Morgan fingerprint density at radius 2 is 2.11 bits per heavy atom. The van der Waals surface area contributed by atoms with Crippen molar-refractivity contribution in [3.8, 4) is 0 Å². The quantitative estimate of drug-likeness (QED) is 0.772. The van der Waals surface area contributed by atoms with E-state index >= 15 is 0 Å². The third-order valence-corrected chi connectivity index (χ3v) is 3.42. The Kier molecular flexibility index (Phi) is 5.83. The number of likely N-dealkylation sites (N-methyl/N-ethyl adjacent to an activating group) is 1. The summed E-state index contributed by atoms with van der Waals surface area (Å²) in [5.74, 6) is 0.0701. The van der Waals surface area contributed by atoms with Gasteiger partial charge in [0, 0.05) is 18.3 Å². The van der Waals surface area contributed by atoms with Crippen LogP contribution in [0, 0.1) is 0 Å². The van der Waals surface area contributed by atoms with Crippen molar-refractivity contribution in [1.82, 2.24) is 10.2 Å². The Hall–Kier alpha value is -1.55. The number of hydrogen-bond donors (Lipinski definition) is 2. The van der Waals surface area contributed by atoms with E-state index in [1.807, 2.05) is 50.1 Å². The summed E-state index contributed by atoms with van der Waals surface area (Å²) < 4.78 is 0. The molecular weight excluding hydrogens is 238 g/mol. The molecule has 1 amide bonds. The Bertz CT molecular complexity index is 420. The number of rotatable bonds is 6. The van der Waals surface area contributed by atoms with Crippen molar-refractivity contribution in [2.75, 3.05) is 12.8 Å². The van der Waals surface area contributed by atoms with Gasteiger partial charge in [0.2, 0.25) is 5.91 Å². The number of carbonyl (C=O) groups excluding carboxylic acids is 1. The van der Waals surface area contributed by atoms with Gasteiger partial charge in [0.25, 0.3) is 0 Å². The lowest BCUT2D eigenvalue weighted by atomic mass is 10.1.